The third-order valence-corrected chi connectivity index (χ3v) is 6.36. The Kier molecular flexibility index (Phi) is 2.57. The first kappa shape index (κ1) is 12.6. The number of aromatic nitrogens is 2. The average molecular weight is 289 g/mol. The molecule has 2 N–H and O–H groups in total. The number of hydrogen-bond acceptors (Lipinski definition) is 5. The zero-order chi connectivity index (χ0) is 14.0. The molecule has 1 aromatic rings. The lowest BCUT2D eigenvalue weighted by Crippen LogP contribution is -2.49. The van der Waals surface area contributed by atoms with E-state index in [-0.39, 0.29) is 17.6 Å². The molecule has 0 spiro atoms. The van der Waals surface area contributed by atoms with Gasteiger partial charge >= 0.3 is 0 Å². The SMILES string of the molecule is OC1CNC(c2nc(C34CC5CC(CC(C5)C3)C4)no2)C1. The summed E-state index contributed by atoms with van der Waals surface area (Å²) < 4.78 is 5.55. The van der Waals surface area contributed by atoms with Crippen LogP contribution in [0.5, 0.6) is 0 Å². The van der Waals surface area contributed by atoms with Crippen LogP contribution < -0.4 is 5.32 Å². The van der Waals surface area contributed by atoms with Crippen molar-refractivity contribution in [2.75, 3.05) is 6.54 Å². The fourth-order valence-electron chi connectivity index (χ4n) is 5.88. The highest BCUT2D eigenvalue weighted by Gasteiger charge is 2.54. The highest BCUT2D eigenvalue weighted by Crippen LogP contribution is 2.60. The predicted octanol–water partition coefficient (Wildman–Crippen LogP) is 1.93. The molecule has 2 heterocycles. The van der Waals surface area contributed by atoms with E-state index < -0.39 is 0 Å². The fourth-order valence-corrected chi connectivity index (χ4v) is 5.88. The van der Waals surface area contributed by atoms with Gasteiger partial charge < -0.3 is 14.9 Å². The van der Waals surface area contributed by atoms with Crippen LogP contribution in [0.3, 0.4) is 0 Å². The molecule has 1 aromatic heterocycles. The Morgan fingerprint density at radius 2 is 1.71 bits per heavy atom. The van der Waals surface area contributed by atoms with Crippen molar-refractivity contribution in [1.29, 1.82) is 0 Å². The first-order chi connectivity index (χ1) is 10.2. The van der Waals surface area contributed by atoms with E-state index in [9.17, 15) is 5.11 Å². The maximum atomic E-state index is 9.65. The molecule has 1 saturated heterocycles. The Morgan fingerprint density at radius 1 is 1.05 bits per heavy atom. The second-order valence-corrected chi connectivity index (χ2v) is 8.00. The molecule has 114 valence electrons. The van der Waals surface area contributed by atoms with Crippen LogP contribution in [-0.4, -0.2) is 27.9 Å². The quantitative estimate of drug-likeness (QED) is 0.870. The third kappa shape index (κ3) is 1.90. The monoisotopic (exact) mass is 289 g/mol. The number of nitrogens with zero attached hydrogens (tertiary/aromatic N) is 2. The minimum Gasteiger partial charge on any atom is -0.392 e. The molecule has 4 aliphatic carbocycles. The molecular formula is C16H23N3O2. The average Bonchev–Trinajstić information content (AvgIpc) is 3.05. The Balaban J connectivity index is 1.44. The van der Waals surface area contributed by atoms with Crippen molar-refractivity contribution in [3.05, 3.63) is 11.7 Å². The van der Waals surface area contributed by atoms with E-state index in [1.807, 2.05) is 0 Å². The highest BCUT2D eigenvalue weighted by atomic mass is 16.5. The standard InChI is InChI=1S/C16H23N3O2/c20-12-4-13(17-8-12)14-18-15(19-21-14)16-5-9-1-10(6-16)3-11(2-9)7-16/h9-13,17,20H,1-8H2. The second-order valence-electron chi connectivity index (χ2n) is 8.00. The maximum Gasteiger partial charge on any atom is 0.243 e. The Morgan fingerprint density at radius 3 is 2.29 bits per heavy atom. The highest BCUT2D eigenvalue weighted by molar-refractivity contribution is 5.17. The van der Waals surface area contributed by atoms with Crippen LogP contribution in [0.25, 0.3) is 0 Å². The van der Waals surface area contributed by atoms with Gasteiger partial charge in [-0.3, -0.25) is 0 Å². The van der Waals surface area contributed by atoms with Gasteiger partial charge in [0.25, 0.3) is 0 Å². The van der Waals surface area contributed by atoms with Gasteiger partial charge in [-0.2, -0.15) is 4.98 Å². The first-order valence-corrected chi connectivity index (χ1v) is 8.46. The van der Waals surface area contributed by atoms with E-state index in [4.69, 9.17) is 9.51 Å². The van der Waals surface area contributed by atoms with Crippen LogP contribution in [0.4, 0.5) is 0 Å². The Hall–Kier alpha value is -0.940. The number of rotatable bonds is 2. The summed E-state index contributed by atoms with van der Waals surface area (Å²) >= 11 is 0. The van der Waals surface area contributed by atoms with Crippen LogP contribution in [-0.2, 0) is 5.41 Å². The first-order valence-electron chi connectivity index (χ1n) is 8.46. The Labute approximate surface area is 124 Å². The molecule has 2 unspecified atom stereocenters. The summed E-state index contributed by atoms with van der Waals surface area (Å²) in [6.07, 6.45) is 8.48. The fraction of sp³-hybridized carbons (Fsp3) is 0.875. The molecule has 2 atom stereocenters. The van der Waals surface area contributed by atoms with Crippen molar-refractivity contribution in [3.8, 4) is 0 Å². The van der Waals surface area contributed by atoms with Gasteiger partial charge in [0.05, 0.1) is 12.1 Å². The van der Waals surface area contributed by atoms with Crippen LogP contribution in [0.2, 0.25) is 0 Å². The van der Waals surface area contributed by atoms with Gasteiger partial charge in [0.15, 0.2) is 5.82 Å². The molecule has 5 aliphatic rings. The molecule has 1 aliphatic heterocycles. The van der Waals surface area contributed by atoms with E-state index in [1.54, 1.807) is 0 Å². The molecular weight excluding hydrogens is 266 g/mol. The van der Waals surface area contributed by atoms with E-state index in [0.717, 1.165) is 23.6 Å². The van der Waals surface area contributed by atoms with Crippen LogP contribution in [0.15, 0.2) is 4.52 Å². The smallest absolute Gasteiger partial charge is 0.243 e. The number of β-amino-alcohol motifs (C(OH)–C–C–N with tert-alkyl or cyclic N) is 1. The lowest BCUT2D eigenvalue weighted by atomic mass is 9.49. The van der Waals surface area contributed by atoms with Crippen molar-refractivity contribution < 1.29 is 9.63 Å². The molecule has 0 radical (unpaired) electrons. The predicted molar refractivity (Wildman–Crippen MR) is 75.5 cm³/mol. The summed E-state index contributed by atoms with van der Waals surface area (Å²) in [6, 6.07) is 0.0372. The number of nitrogens with one attached hydrogen (secondary N) is 1. The van der Waals surface area contributed by atoms with Crippen molar-refractivity contribution in [2.24, 2.45) is 17.8 Å². The summed E-state index contributed by atoms with van der Waals surface area (Å²) in [5, 5.41) is 17.3. The van der Waals surface area contributed by atoms with Crippen molar-refractivity contribution in [1.82, 2.24) is 15.5 Å². The lowest BCUT2D eigenvalue weighted by molar-refractivity contribution is -0.0103. The molecule has 4 saturated carbocycles. The molecule has 5 fully saturated rings. The zero-order valence-electron chi connectivity index (χ0n) is 12.3. The van der Waals surface area contributed by atoms with Gasteiger partial charge in [0.1, 0.15) is 0 Å². The van der Waals surface area contributed by atoms with E-state index in [1.165, 1.54) is 38.5 Å². The van der Waals surface area contributed by atoms with E-state index in [0.29, 0.717) is 18.9 Å². The molecule has 5 nitrogen and oxygen atoms in total. The number of aliphatic hydroxyl groups excluding tert-OH is 1. The van der Waals surface area contributed by atoms with Crippen LogP contribution >= 0.6 is 0 Å². The molecule has 21 heavy (non-hydrogen) atoms. The van der Waals surface area contributed by atoms with Gasteiger partial charge in [0, 0.05) is 12.0 Å². The summed E-state index contributed by atoms with van der Waals surface area (Å²) in [4.78, 5) is 4.77. The van der Waals surface area contributed by atoms with Crippen LogP contribution in [0.1, 0.15) is 62.7 Å². The minimum absolute atomic E-state index is 0.0372. The number of aliphatic hydroxyl groups is 1. The lowest BCUT2D eigenvalue weighted by Gasteiger charge is -2.55. The minimum atomic E-state index is -0.287. The Bertz CT molecular complexity index is 520. The summed E-state index contributed by atoms with van der Waals surface area (Å²) in [5.74, 6) is 4.32. The molecule has 5 heteroatoms. The van der Waals surface area contributed by atoms with Gasteiger partial charge in [-0.05, 0) is 62.7 Å². The van der Waals surface area contributed by atoms with Gasteiger partial charge in [-0.15, -0.1) is 0 Å². The van der Waals surface area contributed by atoms with Crippen molar-refractivity contribution >= 4 is 0 Å². The molecule has 6 rings (SSSR count). The zero-order valence-corrected chi connectivity index (χ0v) is 12.3. The number of hydrogen-bond donors (Lipinski definition) is 2. The van der Waals surface area contributed by atoms with E-state index >= 15 is 0 Å². The normalized spacial score (nSPS) is 48.1. The topological polar surface area (TPSA) is 71.2 Å². The van der Waals surface area contributed by atoms with Gasteiger partial charge in [-0.25, -0.2) is 0 Å². The second kappa shape index (κ2) is 4.29. The third-order valence-electron chi connectivity index (χ3n) is 6.36. The summed E-state index contributed by atoms with van der Waals surface area (Å²) in [7, 11) is 0. The molecule has 0 amide bonds. The maximum absolute atomic E-state index is 9.65. The van der Waals surface area contributed by atoms with Gasteiger partial charge in [-0.1, -0.05) is 5.16 Å². The van der Waals surface area contributed by atoms with E-state index in [2.05, 4.69) is 10.5 Å². The summed E-state index contributed by atoms with van der Waals surface area (Å²) in [5.41, 5.74) is 0.202. The largest absolute Gasteiger partial charge is 0.392 e. The molecule has 0 aromatic carbocycles. The molecule has 4 bridgehead atoms. The van der Waals surface area contributed by atoms with Crippen LogP contribution in [0, 0.1) is 17.8 Å². The summed E-state index contributed by atoms with van der Waals surface area (Å²) in [6.45, 7) is 0.625. The van der Waals surface area contributed by atoms with Crippen molar-refractivity contribution in [2.45, 2.75) is 62.5 Å². The van der Waals surface area contributed by atoms with Gasteiger partial charge in [0.2, 0.25) is 5.89 Å². The van der Waals surface area contributed by atoms with Crippen molar-refractivity contribution in [3.63, 3.8) is 0 Å².